The van der Waals surface area contributed by atoms with Crippen molar-refractivity contribution in [2.45, 2.75) is 99.6 Å². The number of esters is 4. The summed E-state index contributed by atoms with van der Waals surface area (Å²) in [7, 11) is 1.23. The average molecular weight is 536 g/mol. The first-order chi connectivity index (χ1) is 17.2. The lowest BCUT2D eigenvalue weighted by Crippen LogP contribution is -2.53. The van der Waals surface area contributed by atoms with E-state index in [9.17, 15) is 19.2 Å². The van der Waals surface area contributed by atoms with Gasteiger partial charge >= 0.3 is 23.9 Å². The molecular weight excluding hydrogens is 490 g/mol. The molecule has 0 saturated carbocycles. The molecule has 0 aliphatic heterocycles. The number of hydrogen-bond donors (Lipinski definition) is 1. The van der Waals surface area contributed by atoms with E-state index in [4.69, 9.17) is 24.7 Å². The number of ether oxygens (including phenoxy) is 4. The van der Waals surface area contributed by atoms with Gasteiger partial charge in [-0.1, -0.05) is 61.5 Å². The topological polar surface area (TPSA) is 131 Å². The van der Waals surface area contributed by atoms with Gasteiger partial charge in [-0.25, -0.2) is 0 Å². The van der Waals surface area contributed by atoms with Crippen molar-refractivity contribution in [3.63, 3.8) is 0 Å². The van der Waals surface area contributed by atoms with Crippen molar-refractivity contribution in [2.24, 2.45) is 22.5 Å². The second-order valence-corrected chi connectivity index (χ2v) is 12.6. The summed E-state index contributed by atoms with van der Waals surface area (Å²) in [5.74, 6) is -2.25. The molecule has 9 heteroatoms. The fraction of sp³-hybridized carbons (Fsp3) is 0.655. The summed E-state index contributed by atoms with van der Waals surface area (Å²) in [5, 5.41) is 0. The molecule has 38 heavy (non-hydrogen) atoms. The van der Waals surface area contributed by atoms with Crippen LogP contribution in [0.1, 0.15) is 87.1 Å². The van der Waals surface area contributed by atoms with Crippen LogP contribution in [0.15, 0.2) is 18.2 Å². The molecule has 1 unspecified atom stereocenters. The van der Waals surface area contributed by atoms with Crippen LogP contribution in [-0.4, -0.2) is 42.6 Å². The van der Waals surface area contributed by atoms with Crippen molar-refractivity contribution >= 4 is 23.9 Å². The van der Waals surface area contributed by atoms with E-state index in [1.807, 2.05) is 41.5 Å². The molecule has 1 aromatic rings. The maximum absolute atomic E-state index is 12.7. The Morgan fingerprint density at radius 2 is 1.34 bits per heavy atom. The number of benzene rings is 1. The third-order valence-corrected chi connectivity index (χ3v) is 5.36. The zero-order chi connectivity index (χ0) is 29.5. The van der Waals surface area contributed by atoms with Gasteiger partial charge in [0.2, 0.25) is 0 Å². The molecule has 0 saturated heterocycles. The molecule has 9 nitrogen and oxygen atoms in total. The quantitative estimate of drug-likeness (QED) is 0.315. The molecule has 0 bridgehead atoms. The minimum absolute atomic E-state index is 0.000398. The highest BCUT2D eigenvalue weighted by Gasteiger charge is 2.38. The Morgan fingerprint density at radius 3 is 1.79 bits per heavy atom. The third kappa shape index (κ3) is 11.6. The molecule has 0 spiro atoms. The van der Waals surface area contributed by atoms with E-state index in [0.29, 0.717) is 5.56 Å². The summed E-state index contributed by atoms with van der Waals surface area (Å²) in [6.45, 7) is 16.5. The molecule has 0 radical (unpaired) electrons. The predicted octanol–water partition coefficient (Wildman–Crippen LogP) is 4.76. The molecule has 0 fully saturated rings. The number of carbonyl (C=O) groups excluding carboxylic acids is 4. The molecule has 1 aromatic carbocycles. The number of methoxy groups -OCH3 is 1. The Hall–Kier alpha value is -2.94. The Bertz CT molecular complexity index is 1000. The zero-order valence-electron chi connectivity index (χ0n) is 24.6. The molecule has 0 aliphatic rings. The highest BCUT2D eigenvalue weighted by molar-refractivity contribution is 5.81. The first kappa shape index (κ1) is 33.1. The number of hydrogen-bond acceptors (Lipinski definition) is 9. The maximum Gasteiger partial charge on any atom is 0.326 e. The monoisotopic (exact) mass is 535 g/mol. The summed E-state index contributed by atoms with van der Waals surface area (Å²) in [6.07, 6.45) is -0.376. The van der Waals surface area contributed by atoms with Gasteiger partial charge in [0, 0.05) is 12.8 Å². The number of carbonyl (C=O) groups is 4. The van der Waals surface area contributed by atoms with E-state index >= 15 is 0 Å². The lowest BCUT2D eigenvalue weighted by Gasteiger charge is -2.30. The molecule has 0 amide bonds. The van der Waals surface area contributed by atoms with Gasteiger partial charge in [-0.15, -0.1) is 0 Å². The van der Waals surface area contributed by atoms with Crippen molar-refractivity contribution in [1.29, 1.82) is 0 Å². The molecule has 2 N–H and O–H groups in total. The lowest BCUT2D eigenvalue weighted by atomic mass is 9.86. The molecule has 0 aromatic heterocycles. The van der Waals surface area contributed by atoms with Crippen molar-refractivity contribution in [3.8, 4) is 11.5 Å². The third-order valence-electron chi connectivity index (χ3n) is 5.36. The van der Waals surface area contributed by atoms with Crippen LogP contribution in [-0.2, 0) is 35.1 Å². The van der Waals surface area contributed by atoms with Crippen LogP contribution in [0.5, 0.6) is 11.5 Å². The van der Waals surface area contributed by atoms with Gasteiger partial charge in [0.25, 0.3) is 0 Å². The van der Waals surface area contributed by atoms with Crippen LogP contribution >= 0.6 is 0 Å². The van der Waals surface area contributed by atoms with E-state index in [1.165, 1.54) is 19.2 Å². The lowest BCUT2D eigenvalue weighted by molar-refractivity contribution is -0.157. The second-order valence-electron chi connectivity index (χ2n) is 12.6. The van der Waals surface area contributed by atoms with Gasteiger partial charge in [-0.3, -0.25) is 19.2 Å². The van der Waals surface area contributed by atoms with E-state index in [0.717, 1.165) is 0 Å². The van der Waals surface area contributed by atoms with E-state index in [1.54, 1.807) is 26.8 Å². The van der Waals surface area contributed by atoms with E-state index in [2.05, 4.69) is 0 Å². The van der Waals surface area contributed by atoms with Gasteiger partial charge in [0.15, 0.2) is 11.5 Å². The minimum atomic E-state index is -1.54. The van der Waals surface area contributed by atoms with Crippen molar-refractivity contribution in [2.75, 3.05) is 7.11 Å². The fourth-order valence-electron chi connectivity index (χ4n) is 3.69. The van der Waals surface area contributed by atoms with Gasteiger partial charge < -0.3 is 24.7 Å². The summed E-state index contributed by atoms with van der Waals surface area (Å²) < 4.78 is 21.5. The Labute approximate surface area is 226 Å². The SMILES string of the molecule is COC(=O)C(N)(Cc1ccc(OC(=O)CC(C)(C)C)c(OC(=O)CC(C)(C)C)c1)C[C@H](C)OC(=O)C(C)C. The second kappa shape index (κ2) is 13.2. The van der Waals surface area contributed by atoms with Crippen molar-refractivity contribution < 1.29 is 38.1 Å². The van der Waals surface area contributed by atoms with Crippen LogP contribution in [0.4, 0.5) is 0 Å². The van der Waals surface area contributed by atoms with Crippen molar-refractivity contribution in [3.05, 3.63) is 23.8 Å². The van der Waals surface area contributed by atoms with Crippen LogP contribution in [0.2, 0.25) is 0 Å². The Kier molecular flexibility index (Phi) is 11.5. The molecule has 0 heterocycles. The van der Waals surface area contributed by atoms with Crippen LogP contribution < -0.4 is 15.2 Å². The normalized spacial score (nSPS) is 14.3. The fourth-order valence-corrected chi connectivity index (χ4v) is 3.69. The van der Waals surface area contributed by atoms with Gasteiger partial charge in [-0.2, -0.15) is 0 Å². The van der Waals surface area contributed by atoms with Crippen molar-refractivity contribution in [1.82, 2.24) is 0 Å². The zero-order valence-corrected chi connectivity index (χ0v) is 24.6. The van der Waals surface area contributed by atoms with Gasteiger partial charge in [0.05, 0.1) is 25.9 Å². The smallest absolute Gasteiger partial charge is 0.326 e. The molecule has 1 rings (SSSR count). The van der Waals surface area contributed by atoms with Gasteiger partial charge in [0.1, 0.15) is 11.6 Å². The first-order valence-corrected chi connectivity index (χ1v) is 12.9. The van der Waals surface area contributed by atoms with Crippen LogP contribution in [0.25, 0.3) is 0 Å². The summed E-state index contributed by atoms with van der Waals surface area (Å²) in [4.78, 5) is 49.9. The molecular formula is C29H45NO8. The number of nitrogens with two attached hydrogens (primary N) is 1. The van der Waals surface area contributed by atoms with E-state index in [-0.39, 0.29) is 53.9 Å². The first-order valence-electron chi connectivity index (χ1n) is 12.9. The number of rotatable bonds is 11. The van der Waals surface area contributed by atoms with E-state index < -0.39 is 35.5 Å². The molecule has 0 aliphatic carbocycles. The maximum atomic E-state index is 12.7. The van der Waals surface area contributed by atoms with Crippen LogP contribution in [0.3, 0.4) is 0 Å². The highest BCUT2D eigenvalue weighted by atomic mass is 16.6. The summed E-state index contributed by atoms with van der Waals surface area (Å²) in [5.41, 5.74) is 4.88. The standard InChI is InChI=1S/C29H45NO8/c1-18(2)25(33)36-19(3)14-29(30,26(34)35-10)15-20-11-12-21(37-23(31)16-27(4,5)6)22(13-20)38-24(32)17-28(7,8)9/h11-13,18-19H,14-17,30H2,1-10H3/t19-,29?/m0/s1. The van der Waals surface area contributed by atoms with Crippen LogP contribution in [0, 0.1) is 16.7 Å². The Morgan fingerprint density at radius 1 is 0.842 bits per heavy atom. The summed E-state index contributed by atoms with van der Waals surface area (Å²) >= 11 is 0. The largest absolute Gasteiger partial charge is 0.468 e. The average Bonchev–Trinajstić information content (AvgIpc) is 2.71. The highest BCUT2D eigenvalue weighted by Crippen LogP contribution is 2.33. The minimum Gasteiger partial charge on any atom is -0.468 e. The molecule has 2 atom stereocenters. The molecule has 214 valence electrons. The summed E-state index contributed by atoms with van der Waals surface area (Å²) in [6, 6.07) is 4.67. The predicted molar refractivity (Wildman–Crippen MR) is 144 cm³/mol. The van der Waals surface area contributed by atoms with Gasteiger partial charge in [-0.05, 0) is 35.4 Å². The Balaban J connectivity index is 3.33.